The Morgan fingerprint density at radius 1 is 1.33 bits per heavy atom. The number of aromatic nitrogens is 2. The Kier molecular flexibility index (Phi) is 5.53. The fourth-order valence-electron chi connectivity index (χ4n) is 2.15. The maximum atomic E-state index is 13.8. The molecule has 0 aliphatic heterocycles. The minimum absolute atomic E-state index is 0.203. The number of nitrogens with zero attached hydrogens (tertiary/aromatic N) is 2. The van der Waals surface area contributed by atoms with Crippen LogP contribution in [0.15, 0.2) is 28.9 Å². The molecule has 0 unspecified atom stereocenters. The number of hydrogen-bond donors (Lipinski definition) is 1. The van der Waals surface area contributed by atoms with Crippen molar-refractivity contribution in [2.45, 2.75) is 33.9 Å². The van der Waals surface area contributed by atoms with Crippen LogP contribution >= 0.6 is 15.9 Å². The fraction of sp³-hybridized carbons (Fsp3) is 0.438. The van der Waals surface area contributed by atoms with Crippen LogP contribution in [0.1, 0.15) is 30.7 Å². The third-order valence-electron chi connectivity index (χ3n) is 3.26. The summed E-state index contributed by atoms with van der Waals surface area (Å²) in [7, 11) is 0. The van der Waals surface area contributed by atoms with Gasteiger partial charge in [0.25, 0.3) is 0 Å². The van der Waals surface area contributed by atoms with E-state index in [-0.39, 0.29) is 5.82 Å². The van der Waals surface area contributed by atoms with Gasteiger partial charge in [-0.1, -0.05) is 29.8 Å². The molecule has 0 spiro atoms. The van der Waals surface area contributed by atoms with Gasteiger partial charge in [0.2, 0.25) is 0 Å². The Morgan fingerprint density at radius 3 is 2.81 bits per heavy atom. The average molecular weight is 354 g/mol. The molecular weight excluding hydrogens is 333 g/mol. The molecule has 0 aliphatic rings. The van der Waals surface area contributed by atoms with E-state index in [0.717, 1.165) is 28.8 Å². The van der Waals surface area contributed by atoms with Gasteiger partial charge in [-0.2, -0.15) is 5.10 Å². The smallest absolute Gasteiger partial charge is 0.128 e. The summed E-state index contributed by atoms with van der Waals surface area (Å²) in [6.07, 6.45) is 1.99. The SMILES string of the molecule is Cc1nn(Cc2cc(Br)ccc2F)cc1CNCC(C)C. The summed E-state index contributed by atoms with van der Waals surface area (Å²) in [4.78, 5) is 0. The van der Waals surface area contributed by atoms with Gasteiger partial charge in [-0.05, 0) is 37.6 Å². The molecule has 2 rings (SSSR count). The highest BCUT2D eigenvalue weighted by molar-refractivity contribution is 9.10. The number of benzene rings is 1. The molecule has 2 aromatic rings. The second-order valence-corrected chi connectivity index (χ2v) is 6.61. The second kappa shape index (κ2) is 7.18. The van der Waals surface area contributed by atoms with Gasteiger partial charge >= 0.3 is 0 Å². The van der Waals surface area contributed by atoms with Gasteiger partial charge in [0.15, 0.2) is 0 Å². The molecule has 1 aromatic carbocycles. The Balaban J connectivity index is 2.06. The summed E-state index contributed by atoms with van der Waals surface area (Å²) in [5.41, 5.74) is 2.78. The number of halogens is 2. The monoisotopic (exact) mass is 353 g/mol. The summed E-state index contributed by atoms with van der Waals surface area (Å²) in [6.45, 7) is 8.56. The van der Waals surface area contributed by atoms with E-state index in [1.807, 2.05) is 13.1 Å². The molecule has 3 nitrogen and oxygen atoms in total. The molecule has 1 heterocycles. The van der Waals surface area contributed by atoms with E-state index < -0.39 is 0 Å². The van der Waals surface area contributed by atoms with Gasteiger partial charge in [-0.15, -0.1) is 0 Å². The van der Waals surface area contributed by atoms with Gasteiger partial charge in [-0.25, -0.2) is 4.39 Å². The van der Waals surface area contributed by atoms with Crippen LogP contribution < -0.4 is 5.32 Å². The van der Waals surface area contributed by atoms with Crippen LogP contribution in [0.5, 0.6) is 0 Å². The molecule has 1 aromatic heterocycles. The van der Waals surface area contributed by atoms with E-state index in [1.54, 1.807) is 16.8 Å². The first-order valence-corrected chi connectivity index (χ1v) is 7.92. The van der Waals surface area contributed by atoms with E-state index in [4.69, 9.17) is 0 Å². The van der Waals surface area contributed by atoms with Crippen molar-refractivity contribution >= 4 is 15.9 Å². The van der Waals surface area contributed by atoms with Crippen molar-refractivity contribution in [3.05, 3.63) is 51.5 Å². The predicted octanol–water partition coefficient (Wildman–Crippen LogP) is 3.89. The molecule has 0 amide bonds. The molecule has 1 N–H and O–H groups in total. The quantitative estimate of drug-likeness (QED) is 0.853. The summed E-state index contributed by atoms with van der Waals surface area (Å²) in [6, 6.07) is 4.97. The second-order valence-electron chi connectivity index (χ2n) is 5.70. The van der Waals surface area contributed by atoms with E-state index in [0.29, 0.717) is 18.0 Å². The molecule has 0 aliphatic carbocycles. The third-order valence-corrected chi connectivity index (χ3v) is 3.75. The van der Waals surface area contributed by atoms with E-state index in [1.165, 1.54) is 6.07 Å². The first-order valence-electron chi connectivity index (χ1n) is 7.13. The minimum atomic E-state index is -0.203. The van der Waals surface area contributed by atoms with E-state index in [2.05, 4.69) is 40.2 Å². The van der Waals surface area contributed by atoms with E-state index >= 15 is 0 Å². The lowest BCUT2D eigenvalue weighted by Crippen LogP contribution is -2.19. The van der Waals surface area contributed by atoms with Crippen LogP contribution in [0.3, 0.4) is 0 Å². The molecule has 0 atom stereocenters. The van der Waals surface area contributed by atoms with Gasteiger partial charge in [-0.3, -0.25) is 4.68 Å². The van der Waals surface area contributed by atoms with Gasteiger partial charge < -0.3 is 5.32 Å². The Bertz CT molecular complexity index is 608. The van der Waals surface area contributed by atoms with Gasteiger partial charge in [0.1, 0.15) is 5.82 Å². The summed E-state index contributed by atoms with van der Waals surface area (Å²) in [5.74, 6) is 0.418. The average Bonchev–Trinajstić information content (AvgIpc) is 2.74. The Hall–Kier alpha value is -1.20. The highest BCUT2D eigenvalue weighted by Gasteiger charge is 2.08. The molecule has 0 radical (unpaired) electrons. The van der Waals surface area contributed by atoms with E-state index in [9.17, 15) is 4.39 Å². The maximum Gasteiger partial charge on any atom is 0.128 e. The highest BCUT2D eigenvalue weighted by Crippen LogP contribution is 2.17. The molecule has 114 valence electrons. The molecule has 0 saturated carbocycles. The normalized spacial score (nSPS) is 11.3. The molecule has 21 heavy (non-hydrogen) atoms. The minimum Gasteiger partial charge on any atom is -0.312 e. The Labute approximate surface area is 133 Å². The van der Waals surface area contributed by atoms with Crippen LogP contribution in [0, 0.1) is 18.7 Å². The lowest BCUT2D eigenvalue weighted by molar-refractivity contribution is 0.551. The van der Waals surface area contributed by atoms with Crippen LogP contribution in [0.2, 0.25) is 0 Å². The standard InChI is InChI=1S/C16H21BrFN3/c1-11(2)7-19-8-14-10-21(20-12(14)3)9-13-6-15(17)4-5-16(13)18/h4-6,10-11,19H,7-9H2,1-3H3. The number of hydrogen-bond acceptors (Lipinski definition) is 2. The summed E-state index contributed by atoms with van der Waals surface area (Å²) in [5, 5.41) is 7.87. The van der Waals surface area contributed by atoms with Crippen molar-refractivity contribution < 1.29 is 4.39 Å². The molecule has 0 fully saturated rings. The largest absolute Gasteiger partial charge is 0.312 e. The number of aryl methyl sites for hydroxylation is 1. The first kappa shape index (κ1) is 16.2. The van der Waals surface area contributed by atoms with Crippen LogP contribution in [0.4, 0.5) is 4.39 Å². The topological polar surface area (TPSA) is 29.9 Å². The van der Waals surface area contributed by atoms with Crippen LogP contribution in [-0.2, 0) is 13.1 Å². The Morgan fingerprint density at radius 2 is 2.10 bits per heavy atom. The zero-order chi connectivity index (χ0) is 15.4. The van der Waals surface area contributed by atoms with Gasteiger partial charge in [0.05, 0.1) is 12.2 Å². The van der Waals surface area contributed by atoms with Crippen molar-refractivity contribution in [1.82, 2.24) is 15.1 Å². The van der Waals surface area contributed by atoms with Crippen LogP contribution in [-0.4, -0.2) is 16.3 Å². The maximum absolute atomic E-state index is 13.8. The van der Waals surface area contributed by atoms with Crippen molar-refractivity contribution in [2.24, 2.45) is 5.92 Å². The fourth-order valence-corrected chi connectivity index (χ4v) is 2.56. The van der Waals surface area contributed by atoms with Crippen molar-refractivity contribution in [3.8, 4) is 0 Å². The van der Waals surface area contributed by atoms with Crippen LogP contribution in [0.25, 0.3) is 0 Å². The number of nitrogens with one attached hydrogen (secondary N) is 1. The zero-order valence-electron chi connectivity index (χ0n) is 12.7. The lowest BCUT2D eigenvalue weighted by Gasteiger charge is -2.06. The summed E-state index contributed by atoms with van der Waals surface area (Å²) < 4.78 is 16.5. The molecular formula is C16H21BrFN3. The van der Waals surface area contributed by atoms with Crippen molar-refractivity contribution in [3.63, 3.8) is 0 Å². The van der Waals surface area contributed by atoms with Gasteiger partial charge in [0, 0.05) is 28.3 Å². The lowest BCUT2D eigenvalue weighted by atomic mass is 10.2. The molecule has 0 saturated heterocycles. The zero-order valence-corrected chi connectivity index (χ0v) is 14.2. The molecule has 5 heteroatoms. The van der Waals surface area contributed by atoms with Crippen molar-refractivity contribution in [1.29, 1.82) is 0 Å². The predicted molar refractivity (Wildman–Crippen MR) is 86.7 cm³/mol. The first-order chi connectivity index (χ1) is 9.95. The summed E-state index contributed by atoms with van der Waals surface area (Å²) >= 11 is 3.37. The highest BCUT2D eigenvalue weighted by atomic mass is 79.9. The van der Waals surface area contributed by atoms with Crippen molar-refractivity contribution in [2.75, 3.05) is 6.54 Å². The third kappa shape index (κ3) is 4.64. The molecule has 0 bridgehead atoms. The number of rotatable bonds is 6.